The molecule has 3 rings (SSSR count). The Morgan fingerprint density at radius 1 is 0.857 bits per heavy atom. The van der Waals surface area contributed by atoms with Gasteiger partial charge in [0.15, 0.2) is 11.5 Å². The Kier molecular flexibility index (Phi) is 10.9. The van der Waals surface area contributed by atoms with Crippen molar-refractivity contribution in [3.8, 4) is 11.5 Å². The van der Waals surface area contributed by atoms with E-state index in [0.717, 1.165) is 16.7 Å². The lowest BCUT2D eigenvalue weighted by molar-refractivity contribution is -0.149. The van der Waals surface area contributed by atoms with Crippen LogP contribution in [0.2, 0.25) is 0 Å². The van der Waals surface area contributed by atoms with E-state index in [1.165, 1.54) is 0 Å². The van der Waals surface area contributed by atoms with E-state index in [9.17, 15) is 9.90 Å². The smallest absolute Gasteiger partial charge is 0.323 e. The maximum atomic E-state index is 12.5. The fraction of sp³-hybridized carbons (Fsp3) is 0.296. The molecule has 3 aromatic carbocycles. The van der Waals surface area contributed by atoms with Crippen LogP contribution >= 0.6 is 11.6 Å². The number of carbonyl (C=O) groups is 1. The third kappa shape index (κ3) is 8.88. The van der Waals surface area contributed by atoms with Crippen LogP contribution < -0.4 is 14.8 Å². The number of hydrogen-bond donors (Lipinski definition) is 3. The zero-order chi connectivity index (χ0) is 24.9. The largest absolute Gasteiger partial charge is 0.485 e. The Labute approximate surface area is 210 Å². The monoisotopic (exact) mass is 499 g/mol. The molecule has 0 aliphatic heterocycles. The van der Waals surface area contributed by atoms with Crippen LogP contribution in [0.5, 0.6) is 11.5 Å². The highest BCUT2D eigenvalue weighted by Crippen LogP contribution is 2.30. The fourth-order valence-corrected chi connectivity index (χ4v) is 3.47. The summed E-state index contributed by atoms with van der Waals surface area (Å²) in [6.07, 6.45) is -0.851. The van der Waals surface area contributed by atoms with Crippen LogP contribution in [-0.4, -0.2) is 47.5 Å². The summed E-state index contributed by atoms with van der Waals surface area (Å²) in [4.78, 5) is 12.5. The number of rotatable bonds is 14. The summed E-state index contributed by atoms with van der Waals surface area (Å²) in [7, 11) is 0. The molecule has 0 spiro atoms. The standard InChI is InChI=1S/C27H30ClNO6/c28-19-29-24(27(32)35-18-23(31)15-30)13-22-11-12-25(33-16-20-7-3-1-4-8-20)26(14-22)34-17-21-9-5-2-6-10-21/h1-12,14,23-24,29-31H,13,15-19H2/t23-,24-/m0/s1. The molecular weight excluding hydrogens is 470 g/mol. The van der Waals surface area contributed by atoms with Crippen molar-refractivity contribution in [1.82, 2.24) is 5.32 Å². The van der Waals surface area contributed by atoms with Crippen molar-refractivity contribution in [2.45, 2.75) is 31.8 Å². The van der Waals surface area contributed by atoms with E-state index >= 15 is 0 Å². The van der Waals surface area contributed by atoms with Crippen LogP contribution in [0.4, 0.5) is 0 Å². The second kappa shape index (κ2) is 14.3. The lowest BCUT2D eigenvalue weighted by atomic mass is 10.1. The summed E-state index contributed by atoms with van der Waals surface area (Å²) in [6.45, 7) is -0.0464. The Balaban J connectivity index is 1.75. The molecule has 186 valence electrons. The molecule has 3 N–H and O–H groups in total. The van der Waals surface area contributed by atoms with E-state index in [1.54, 1.807) is 0 Å². The Morgan fingerprint density at radius 3 is 2.03 bits per heavy atom. The van der Waals surface area contributed by atoms with Gasteiger partial charge >= 0.3 is 5.97 Å². The molecule has 0 saturated carbocycles. The van der Waals surface area contributed by atoms with E-state index in [2.05, 4.69) is 5.32 Å². The predicted octanol–water partition coefficient (Wildman–Crippen LogP) is 3.44. The number of aliphatic hydroxyl groups is 2. The van der Waals surface area contributed by atoms with Gasteiger partial charge in [-0.3, -0.25) is 10.1 Å². The van der Waals surface area contributed by atoms with Gasteiger partial charge in [0.05, 0.1) is 12.6 Å². The molecule has 0 unspecified atom stereocenters. The number of ether oxygens (including phenoxy) is 3. The van der Waals surface area contributed by atoms with Crippen molar-refractivity contribution in [2.75, 3.05) is 19.2 Å². The summed E-state index contributed by atoms with van der Waals surface area (Å²) < 4.78 is 17.2. The number of hydrogen-bond acceptors (Lipinski definition) is 7. The summed E-state index contributed by atoms with van der Waals surface area (Å²) in [5.41, 5.74) is 2.85. The molecule has 0 aliphatic rings. The van der Waals surface area contributed by atoms with E-state index < -0.39 is 24.7 Å². The molecule has 0 bridgehead atoms. The van der Waals surface area contributed by atoms with Crippen LogP contribution in [0.3, 0.4) is 0 Å². The van der Waals surface area contributed by atoms with E-state index in [1.807, 2.05) is 78.9 Å². The molecular formula is C27H30ClNO6. The molecule has 0 fully saturated rings. The minimum absolute atomic E-state index is 0.0396. The van der Waals surface area contributed by atoms with Gasteiger partial charge < -0.3 is 24.4 Å². The molecule has 7 nitrogen and oxygen atoms in total. The zero-order valence-electron chi connectivity index (χ0n) is 19.3. The molecule has 3 aromatic rings. The molecule has 0 heterocycles. The molecule has 0 aliphatic carbocycles. The van der Waals surface area contributed by atoms with E-state index in [-0.39, 0.29) is 19.0 Å². The minimum Gasteiger partial charge on any atom is -0.485 e. The first-order chi connectivity index (χ1) is 17.1. The van der Waals surface area contributed by atoms with Crippen molar-refractivity contribution in [3.05, 3.63) is 95.6 Å². The van der Waals surface area contributed by atoms with Crippen molar-refractivity contribution in [3.63, 3.8) is 0 Å². The molecule has 0 aromatic heterocycles. The topological polar surface area (TPSA) is 97.3 Å². The third-order valence-corrected chi connectivity index (χ3v) is 5.31. The Morgan fingerprint density at radius 2 is 1.46 bits per heavy atom. The number of alkyl halides is 1. The lowest BCUT2D eigenvalue weighted by Gasteiger charge is -2.19. The number of carbonyl (C=O) groups excluding carboxylic acids is 1. The van der Waals surface area contributed by atoms with Crippen molar-refractivity contribution in [1.29, 1.82) is 0 Å². The summed E-state index contributed by atoms with van der Waals surface area (Å²) in [6, 6.07) is 24.4. The molecule has 0 amide bonds. The maximum Gasteiger partial charge on any atom is 0.323 e. The molecule has 2 atom stereocenters. The average Bonchev–Trinajstić information content (AvgIpc) is 2.90. The highest BCUT2D eigenvalue weighted by atomic mass is 35.5. The fourth-order valence-electron chi connectivity index (χ4n) is 3.28. The first-order valence-electron chi connectivity index (χ1n) is 11.3. The van der Waals surface area contributed by atoms with Gasteiger partial charge in [0, 0.05) is 0 Å². The number of esters is 1. The summed E-state index contributed by atoms with van der Waals surface area (Å²) in [5, 5.41) is 21.3. The summed E-state index contributed by atoms with van der Waals surface area (Å²) in [5.74, 6) is 0.564. The second-order valence-corrected chi connectivity index (χ2v) is 8.16. The van der Waals surface area contributed by atoms with Crippen LogP contribution in [0.1, 0.15) is 16.7 Å². The number of aliphatic hydroxyl groups excluding tert-OH is 2. The van der Waals surface area contributed by atoms with Gasteiger partial charge in [-0.15, -0.1) is 11.6 Å². The number of halogens is 1. The molecule has 0 saturated heterocycles. The first-order valence-corrected chi connectivity index (χ1v) is 11.8. The van der Waals surface area contributed by atoms with Crippen molar-refractivity contribution >= 4 is 17.6 Å². The van der Waals surface area contributed by atoms with Gasteiger partial charge in [0.25, 0.3) is 0 Å². The van der Waals surface area contributed by atoms with Gasteiger partial charge in [-0.05, 0) is 35.2 Å². The quantitative estimate of drug-likeness (QED) is 0.177. The van der Waals surface area contributed by atoms with E-state index in [0.29, 0.717) is 24.7 Å². The van der Waals surface area contributed by atoms with Crippen molar-refractivity contribution < 1.29 is 29.2 Å². The Hall–Kier alpha value is -3.10. The molecule has 8 heteroatoms. The third-order valence-electron chi connectivity index (χ3n) is 5.16. The predicted molar refractivity (Wildman–Crippen MR) is 133 cm³/mol. The highest BCUT2D eigenvalue weighted by molar-refractivity contribution is 6.17. The first kappa shape index (κ1) is 26.5. The van der Waals surface area contributed by atoms with Gasteiger partial charge in [0.1, 0.15) is 32.0 Å². The van der Waals surface area contributed by atoms with Gasteiger partial charge in [-0.2, -0.15) is 0 Å². The normalized spacial score (nSPS) is 12.5. The number of nitrogens with one attached hydrogen (secondary N) is 1. The minimum atomic E-state index is -1.13. The van der Waals surface area contributed by atoms with Crippen LogP contribution in [0.15, 0.2) is 78.9 Å². The van der Waals surface area contributed by atoms with Gasteiger partial charge in [0.2, 0.25) is 0 Å². The lowest BCUT2D eigenvalue weighted by Crippen LogP contribution is -2.40. The Bertz CT molecular complexity index is 1030. The van der Waals surface area contributed by atoms with Gasteiger partial charge in [-0.1, -0.05) is 66.7 Å². The maximum absolute atomic E-state index is 12.5. The van der Waals surface area contributed by atoms with Gasteiger partial charge in [-0.25, -0.2) is 0 Å². The van der Waals surface area contributed by atoms with Crippen LogP contribution in [0, 0.1) is 0 Å². The molecule has 35 heavy (non-hydrogen) atoms. The SMILES string of the molecule is O=C(OC[C@@H](O)CO)[C@H](Cc1ccc(OCc2ccccc2)c(OCc2ccccc2)c1)NCCl. The second-order valence-electron chi connectivity index (χ2n) is 7.89. The van der Waals surface area contributed by atoms with E-state index in [4.69, 9.17) is 30.9 Å². The van der Waals surface area contributed by atoms with Crippen LogP contribution in [0.25, 0.3) is 0 Å². The highest BCUT2D eigenvalue weighted by Gasteiger charge is 2.22. The van der Waals surface area contributed by atoms with Crippen LogP contribution in [-0.2, 0) is 29.2 Å². The average molecular weight is 500 g/mol. The van der Waals surface area contributed by atoms with Crippen molar-refractivity contribution in [2.24, 2.45) is 0 Å². The molecule has 0 radical (unpaired) electrons. The summed E-state index contributed by atoms with van der Waals surface area (Å²) >= 11 is 5.82. The zero-order valence-corrected chi connectivity index (χ0v) is 20.1. The number of benzene rings is 3.